The van der Waals surface area contributed by atoms with Crippen LogP contribution in [0.15, 0.2) is 35.5 Å². The van der Waals surface area contributed by atoms with E-state index in [0.29, 0.717) is 5.69 Å². The first-order valence-electron chi connectivity index (χ1n) is 5.80. The van der Waals surface area contributed by atoms with E-state index in [1.165, 1.54) is 19.2 Å². The van der Waals surface area contributed by atoms with E-state index in [-0.39, 0.29) is 16.1 Å². The zero-order chi connectivity index (χ0) is 14.9. The largest absolute Gasteiger partial charge is 0.399 e. The van der Waals surface area contributed by atoms with Crippen LogP contribution in [0.1, 0.15) is 11.1 Å². The summed E-state index contributed by atoms with van der Waals surface area (Å²) >= 11 is 0. The van der Waals surface area contributed by atoms with Crippen LogP contribution >= 0.6 is 0 Å². The molecule has 0 saturated heterocycles. The van der Waals surface area contributed by atoms with Gasteiger partial charge in [-0.1, -0.05) is 0 Å². The van der Waals surface area contributed by atoms with Crippen molar-refractivity contribution in [3.63, 3.8) is 0 Å². The van der Waals surface area contributed by atoms with Crippen LogP contribution in [0.4, 0.5) is 15.8 Å². The number of nitrogens with zero attached hydrogens (tertiary/aromatic N) is 1. The van der Waals surface area contributed by atoms with Gasteiger partial charge in [0.1, 0.15) is 5.82 Å². The van der Waals surface area contributed by atoms with Gasteiger partial charge in [-0.3, -0.25) is 9.71 Å². The molecular weight excluding hydrogens is 281 g/mol. The number of aromatic nitrogens is 1. The number of anilines is 2. The van der Waals surface area contributed by atoms with Crippen LogP contribution in [0, 0.1) is 19.7 Å². The fraction of sp³-hybridized carbons (Fsp3) is 0.154. The molecule has 0 aliphatic heterocycles. The van der Waals surface area contributed by atoms with Crippen molar-refractivity contribution in [2.24, 2.45) is 0 Å². The molecule has 0 aliphatic rings. The number of nitrogen functional groups attached to an aromatic ring is 1. The quantitative estimate of drug-likeness (QED) is 0.850. The summed E-state index contributed by atoms with van der Waals surface area (Å²) < 4.78 is 40.5. The first kappa shape index (κ1) is 14.3. The van der Waals surface area contributed by atoms with Gasteiger partial charge >= 0.3 is 0 Å². The number of benzene rings is 1. The molecule has 0 bridgehead atoms. The molecule has 0 fully saturated rings. The minimum atomic E-state index is -3.92. The van der Waals surface area contributed by atoms with Crippen molar-refractivity contribution in [1.82, 2.24) is 4.98 Å². The number of sulfonamides is 1. The minimum Gasteiger partial charge on any atom is -0.399 e. The Hall–Kier alpha value is -2.15. The third-order valence-electron chi connectivity index (χ3n) is 2.74. The maximum atomic E-state index is 13.6. The van der Waals surface area contributed by atoms with Gasteiger partial charge in [0.25, 0.3) is 10.0 Å². The van der Waals surface area contributed by atoms with Gasteiger partial charge in [0.2, 0.25) is 0 Å². The molecule has 0 unspecified atom stereocenters. The van der Waals surface area contributed by atoms with Crippen LogP contribution in [0.25, 0.3) is 0 Å². The van der Waals surface area contributed by atoms with E-state index < -0.39 is 15.8 Å². The van der Waals surface area contributed by atoms with Gasteiger partial charge in [0.05, 0.1) is 16.8 Å². The number of hydrogen-bond donors (Lipinski definition) is 2. The van der Waals surface area contributed by atoms with E-state index >= 15 is 0 Å². The molecule has 5 nitrogen and oxygen atoms in total. The highest BCUT2D eigenvalue weighted by molar-refractivity contribution is 7.92. The summed E-state index contributed by atoms with van der Waals surface area (Å²) in [5.41, 5.74) is 6.69. The summed E-state index contributed by atoms with van der Waals surface area (Å²) in [5, 5.41) is 0. The van der Waals surface area contributed by atoms with Gasteiger partial charge in [0, 0.05) is 17.4 Å². The Morgan fingerprint density at radius 1 is 1.20 bits per heavy atom. The number of nitrogens with one attached hydrogen (secondary N) is 1. The molecule has 106 valence electrons. The molecule has 0 amide bonds. The summed E-state index contributed by atoms with van der Waals surface area (Å²) in [6.07, 6.45) is 2.98. The number of rotatable bonds is 3. The average Bonchev–Trinajstić information content (AvgIpc) is 2.33. The predicted molar refractivity (Wildman–Crippen MR) is 75.3 cm³/mol. The highest BCUT2D eigenvalue weighted by Gasteiger charge is 2.20. The van der Waals surface area contributed by atoms with E-state index in [4.69, 9.17) is 5.73 Å². The van der Waals surface area contributed by atoms with Crippen LogP contribution in [0.5, 0.6) is 0 Å². The molecule has 0 spiro atoms. The molecule has 0 radical (unpaired) electrons. The van der Waals surface area contributed by atoms with E-state index in [0.717, 1.165) is 11.6 Å². The maximum absolute atomic E-state index is 13.6. The van der Waals surface area contributed by atoms with Crippen LogP contribution in [0.3, 0.4) is 0 Å². The third kappa shape index (κ3) is 2.88. The second-order valence-corrected chi connectivity index (χ2v) is 6.13. The summed E-state index contributed by atoms with van der Waals surface area (Å²) in [7, 11) is -3.92. The van der Waals surface area contributed by atoms with Crippen molar-refractivity contribution in [2.75, 3.05) is 10.5 Å². The fourth-order valence-electron chi connectivity index (χ4n) is 1.77. The van der Waals surface area contributed by atoms with E-state index in [2.05, 4.69) is 9.71 Å². The number of aryl methyl sites for hydroxylation is 1. The first-order valence-corrected chi connectivity index (χ1v) is 7.28. The first-order chi connectivity index (χ1) is 9.29. The van der Waals surface area contributed by atoms with Crippen LogP contribution in [0.2, 0.25) is 0 Å². The molecule has 1 aromatic carbocycles. The Morgan fingerprint density at radius 3 is 2.55 bits per heavy atom. The molecule has 7 heteroatoms. The highest BCUT2D eigenvalue weighted by Crippen LogP contribution is 2.24. The Bertz CT molecular complexity index is 760. The Kier molecular flexibility index (Phi) is 3.63. The number of nitrogens with two attached hydrogens (primary N) is 1. The zero-order valence-electron chi connectivity index (χ0n) is 11.0. The molecule has 1 heterocycles. The summed E-state index contributed by atoms with van der Waals surface area (Å²) in [4.78, 5) is 3.71. The topological polar surface area (TPSA) is 85.1 Å². The molecular formula is C13H14FN3O2S. The summed E-state index contributed by atoms with van der Waals surface area (Å²) in [6, 6.07) is 3.94. The van der Waals surface area contributed by atoms with Crippen molar-refractivity contribution in [1.29, 1.82) is 0 Å². The van der Waals surface area contributed by atoms with Crippen molar-refractivity contribution in [3.8, 4) is 0 Å². The second kappa shape index (κ2) is 5.09. The van der Waals surface area contributed by atoms with Gasteiger partial charge in [-0.2, -0.15) is 0 Å². The molecule has 0 saturated carbocycles. The predicted octanol–water partition coefficient (Wildman–Crippen LogP) is 2.22. The van der Waals surface area contributed by atoms with Crippen molar-refractivity contribution >= 4 is 21.4 Å². The van der Waals surface area contributed by atoms with E-state index in [9.17, 15) is 12.8 Å². The van der Waals surface area contributed by atoms with Crippen LogP contribution in [-0.2, 0) is 10.0 Å². The van der Waals surface area contributed by atoms with E-state index in [1.807, 2.05) is 0 Å². The lowest BCUT2D eigenvalue weighted by Gasteiger charge is -2.11. The molecule has 0 atom stereocenters. The Balaban J connectivity index is 2.46. The maximum Gasteiger partial charge on any atom is 0.262 e. The van der Waals surface area contributed by atoms with Crippen LogP contribution < -0.4 is 10.5 Å². The fourth-order valence-corrected chi connectivity index (χ4v) is 3.10. The SMILES string of the molecule is Cc1cncc(NS(=O)(=O)c2cc(N)cc(F)c2C)c1. The lowest BCUT2D eigenvalue weighted by atomic mass is 10.2. The van der Waals surface area contributed by atoms with Crippen molar-refractivity contribution in [2.45, 2.75) is 18.7 Å². The minimum absolute atomic E-state index is 0.0207. The Morgan fingerprint density at radius 2 is 1.90 bits per heavy atom. The van der Waals surface area contributed by atoms with Gasteiger partial charge in [-0.15, -0.1) is 0 Å². The van der Waals surface area contributed by atoms with Crippen molar-refractivity contribution < 1.29 is 12.8 Å². The van der Waals surface area contributed by atoms with Gasteiger partial charge in [-0.25, -0.2) is 12.8 Å². The lowest BCUT2D eigenvalue weighted by Crippen LogP contribution is -2.15. The smallest absolute Gasteiger partial charge is 0.262 e. The molecule has 0 aliphatic carbocycles. The van der Waals surface area contributed by atoms with Crippen LogP contribution in [-0.4, -0.2) is 13.4 Å². The Labute approximate surface area is 116 Å². The third-order valence-corrected chi connectivity index (χ3v) is 4.24. The highest BCUT2D eigenvalue weighted by atomic mass is 32.2. The monoisotopic (exact) mass is 295 g/mol. The number of pyridine rings is 1. The van der Waals surface area contributed by atoms with Gasteiger partial charge < -0.3 is 5.73 Å². The molecule has 1 aromatic heterocycles. The normalized spacial score (nSPS) is 11.3. The van der Waals surface area contributed by atoms with E-state index in [1.54, 1.807) is 19.2 Å². The molecule has 20 heavy (non-hydrogen) atoms. The molecule has 2 aromatic rings. The van der Waals surface area contributed by atoms with Gasteiger partial charge in [-0.05, 0) is 37.6 Å². The molecule has 3 N–H and O–H groups in total. The zero-order valence-corrected chi connectivity index (χ0v) is 11.8. The number of halogens is 1. The number of hydrogen-bond acceptors (Lipinski definition) is 4. The average molecular weight is 295 g/mol. The lowest BCUT2D eigenvalue weighted by molar-refractivity contribution is 0.591. The summed E-state index contributed by atoms with van der Waals surface area (Å²) in [5.74, 6) is -0.659. The molecule has 2 rings (SSSR count). The second-order valence-electron chi connectivity index (χ2n) is 4.48. The summed E-state index contributed by atoms with van der Waals surface area (Å²) in [6.45, 7) is 3.17. The van der Waals surface area contributed by atoms with Gasteiger partial charge in [0.15, 0.2) is 0 Å². The standard InChI is InChI=1S/C13H14FN3O2S/c1-8-3-11(7-16-6-8)17-20(18,19)13-5-10(15)4-12(14)9(13)2/h3-7,17H,15H2,1-2H3. The van der Waals surface area contributed by atoms with Crippen molar-refractivity contribution in [3.05, 3.63) is 47.5 Å².